The first kappa shape index (κ1) is 14.8. The second-order valence-corrected chi connectivity index (χ2v) is 7.01. The zero-order valence-electron chi connectivity index (χ0n) is 14.2. The Kier molecular flexibility index (Phi) is 3.45. The minimum absolute atomic E-state index is 0.332. The molecular weight excluding hydrogens is 314 g/mol. The fourth-order valence-corrected chi connectivity index (χ4v) is 4.52. The van der Waals surface area contributed by atoms with Crippen LogP contribution in [0.5, 0.6) is 0 Å². The van der Waals surface area contributed by atoms with Crippen LogP contribution < -0.4 is 0 Å². The monoisotopic (exact) mass is 335 g/mol. The maximum absolute atomic E-state index is 5.55. The molecule has 3 aromatic rings. The van der Waals surface area contributed by atoms with Gasteiger partial charge >= 0.3 is 0 Å². The molecule has 2 fully saturated rings. The topological polar surface area (TPSA) is 60.0 Å². The summed E-state index contributed by atoms with van der Waals surface area (Å²) in [5.74, 6) is 1.73. The van der Waals surface area contributed by atoms with E-state index in [9.17, 15) is 0 Å². The van der Waals surface area contributed by atoms with Crippen molar-refractivity contribution >= 4 is 0 Å². The molecule has 25 heavy (non-hydrogen) atoms. The molecular formula is C19H21N5O. The Labute approximate surface area is 146 Å². The molecule has 5 rings (SSSR count). The highest BCUT2D eigenvalue weighted by Gasteiger charge is 2.46. The number of hydrogen-bond acceptors (Lipinski definition) is 5. The van der Waals surface area contributed by atoms with Crippen LogP contribution in [0.2, 0.25) is 0 Å². The van der Waals surface area contributed by atoms with Gasteiger partial charge in [-0.15, -0.1) is 0 Å². The zero-order chi connectivity index (χ0) is 16.8. The van der Waals surface area contributed by atoms with Gasteiger partial charge in [-0.05, 0) is 37.4 Å². The molecule has 3 atom stereocenters. The molecule has 2 aliphatic rings. The van der Waals surface area contributed by atoms with Crippen LogP contribution >= 0.6 is 0 Å². The molecule has 2 aliphatic heterocycles. The van der Waals surface area contributed by atoms with E-state index < -0.39 is 0 Å². The molecule has 0 bridgehead atoms. The molecule has 0 radical (unpaired) electrons. The highest BCUT2D eigenvalue weighted by molar-refractivity contribution is 5.46. The Bertz CT molecular complexity index is 871. The fourth-order valence-electron chi connectivity index (χ4n) is 4.52. The Balaban J connectivity index is 1.46. The predicted octanol–water partition coefficient (Wildman–Crippen LogP) is 3.16. The van der Waals surface area contributed by atoms with Gasteiger partial charge in [0, 0.05) is 31.2 Å². The van der Waals surface area contributed by atoms with Crippen molar-refractivity contribution in [3.63, 3.8) is 0 Å². The minimum atomic E-state index is 0.332. The van der Waals surface area contributed by atoms with Crippen LogP contribution in [0.1, 0.15) is 42.6 Å². The number of aromatic nitrogens is 4. The third-order valence-corrected chi connectivity index (χ3v) is 5.68. The van der Waals surface area contributed by atoms with E-state index >= 15 is 0 Å². The summed E-state index contributed by atoms with van der Waals surface area (Å²) in [4.78, 5) is 7.36. The summed E-state index contributed by atoms with van der Waals surface area (Å²) >= 11 is 0. The molecule has 1 aromatic carbocycles. The molecule has 128 valence electrons. The molecule has 0 spiro atoms. The van der Waals surface area contributed by atoms with Crippen LogP contribution in [0.4, 0.5) is 0 Å². The normalized spacial score (nSPS) is 26.2. The van der Waals surface area contributed by atoms with Crippen molar-refractivity contribution < 1.29 is 4.52 Å². The van der Waals surface area contributed by atoms with Crippen molar-refractivity contribution in [2.75, 3.05) is 6.54 Å². The molecule has 2 saturated heterocycles. The van der Waals surface area contributed by atoms with Crippen molar-refractivity contribution in [1.29, 1.82) is 0 Å². The molecule has 2 aromatic heterocycles. The van der Waals surface area contributed by atoms with Crippen molar-refractivity contribution in [2.24, 2.45) is 7.05 Å². The van der Waals surface area contributed by atoms with Crippen LogP contribution in [0.15, 0.2) is 47.1 Å². The average Bonchev–Trinajstić information content (AvgIpc) is 3.39. The van der Waals surface area contributed by atoms with Gasteiger partial charge in [0.25, 0.3) is 5.89 Å². The lowest BCUT2D eigenvalue weighted by atomic mass is 9.94. The summed E-state index contributed by atoms with van der Waals surface area (Å²) < 4.78 is 7.32. The Morgan fingerprint density at radius 2 is 2.04 bits per heavy atom. The van der Waals surface area contributed by atoms with E-state index in [1.54, 1.807) is 10.9 Å². The molecule has 4 heterocycles. The number of fused-ring (bicyclic) bond motifs is 1. The van der Waals surface area contributed by atoms with Gasteiger partial charge < -0.3 is 4.52 Å². The SMILES string of the molecule is Cn1nccc1-c1nc([C@H]2C[C@@H](c3ccccc3)N3CCC[C@H]23)no1. The van der Waals surface area contributed by atoms with Gasteiger partial charge in [0.1, 0.15) is 5.69 Å². The highest BCUT2D eigenvalue weighted by Crippen LogP contribution is 2.48. The molecule has 0 unspecified atom stereocenters. The number of aryl methyl sites for hydroxylation is 1. The minimum Gasteiger partial charge on any atom is -0.332 e. The summed E-state index contributed by atoms with van der Waals surface area (Å²) in [5, 5.41) is 8.52. The van der Waals surface area contributed by atoms with Crippen LogP contribution in [-0.4, -0.2) is 37.4 Å². The van der Waals surface area contributed by atoms with Gasteiger partial charge in [0.05, 0.1) is 0 Å². The second-order valence-electron chi connectivity index (χ2n) is 7.01. The molecule has 6 heteroatoms. The van der Waals surface area contributed by atoms with E-state index in [1.807, 2.05) is 13.1 Å². The summed E-state index contributed by atoms with van der Waals surface area (Å²) in [5.41, 5.74) is 2.26. The lowest BCUT2D eigenvalue weighted by molar-refractivity contribution is 0.243. The smallest absolute Gasteiger partial charge is 0.276 e. The number of rotatable bonds is 3. The van der Waals surface area contributed by atoms with E-state index in [2.05, 4.69) is 45.5 Å². The third-order valence-electron chi connectivity index (χ3n) is 5.68. The quantitative estimate of drug-likeness (QED) is 0.736. The van der Waals surface area contributed by atoms with Gasteiger partial charge in [-0.2, -0.15) is 10.1 Å². The number of hydrogen-bond donors (Lipinski definition) is 0. The van der Waals surface area contributed by atoms with Crippen LogP contribution in [-0.2, 0) is 7.05 Å². The van der Waals surface area contributed by atoms with E-state index in [0.29, 0.717) is 23.9 Å². The van der Waals surface area contributed by atoms with Gasteiger partial charge in [-0.3, -0.25) is 9.58 Å². The summed E-state index contributed by atoms with van der Waals surface area (Å²) in [6.07, 6.45) is 5.26. The van der Waals surface area contributed by atoms with Crippen molar-refractivity contribution in [3.05, 3.63) is 54.0 Å². The van der Waals surface area contributed by atoms with Gasteiger partial charge in [0.2, 0.25) is 0 Å². The Hall–Kier alpha value is -2.47. The average molecular weight is 335 g/mol. The first-order chi connectivity index (χ1) is 12.3. The summed E-state index contributed by atoms with van der Waals surface area (Å²) in [6, 6.07) is 13.7. The van der Waals surface area contributed by atoms with Gasteiger partial charge in [-0.25, -0.2) is 0 Å². The molecule has 0 amide bonds. The number of nitrogens with zero attached hydrogens (tertiary/aromatic N) is 5. The maximum atomic E-state index is 5.55. The fraction of sp³-hybridized carbons (Fsp3) is 0.421. The van der Waals surface area contributed by atoms with Crippen molar-refractivity contribution in [2.45, 2.75) is 37.3 Å². The third kappa shape index (κ3) is 2.40. The van der Waals surface area contributed by atoms with E-state index in [1.165, 1.54) is 18.4 Å². The lowest BCUT2D eigenvalue weighted by Crippen LogP contribution is -2.27. The van der Waals surface area contributed by atoms with Crippen molar-refractivity contribution in [3.8, 4) is 11.6 Å². The predicted molar refractivity (Wildman–Crippen MR) is 92.8 cm³/mol. The summed E-state index contributed by atoms with van der Waals surface area (Å²) in [6.45, 7) is 1.16. The van der Waals surface area contributed by atoms with Gasteiger partial charge in [-0.1, -0.05) is 35.5 Å². The molecule has 6 nitrogen and oxygen atoms in total. The first-order valence-corrected chi connectivity index (χ1v) is 8.94. The van der Waals surface area contributed by atoms with E-state index in [-0.39, 0.29) is 0 Å². The lowest BCUT2D eigenvalue weighted by Gasteiger charge is -2.24. The van der Waals surface area contributed by atoms with Crippen LogP contribution in [0.25, 0.3) is 11.6 Å². The first-order valence-electron chi connectivity index (χ1n) is 8.94. The maximum Gasteiger partial charge on any atom is 0.276 e. The standard InChI is InChI=1S/C19H21N5O/c1-23-16(9-10-20-23)19-21-18(22-25-19)14-12-17(13-6-3-2-4-7-13)24-11-5-8-15(14)24/h2-4,6-7,9-10,14-15,17H,5,8,11-12H2,1H3/t14-,15+,17-/m0/s1. The van der Waals surface area contributed by atoms with E-state index in [0.717, 1.165) is 24.5 Å². The van der Waals surface area contributed by atoms with Crippen molar-refractivity contribution in [1.82, 2.24) is 24.8 Å². The number of benzene rings is 1. The Morgan fingerprint density at radius 3 is 2.84 bits per heavy atom. The molecule has 0 N–H and O–H groups in total. The highest BCUT2D eigenvalue weighted by atomic mass is 16.5. The largest absolute Gasteiger partial charge is 0.332 e. The second kappa shape index (κ2) is 5.81. The van der Waals surface area contributed by atoms with Crippen LogP contribution in [0, 0.1) is 0 Å². The summed E-state index contributed by atoms with van der Waals surface area (Å²) in [7, 11) is 1.89. The Morgan fingerprint density at radius 1 is 1.16 bits per heavy atom. The molecule has 0 aliphatic carbocycles. The van der Waals surface area contributed by atoms with Crippen LogP contribution in [0.3, 0.4) is 0 Å². The zero-order valence-corrected chi connectivity index (χ0v) is 14.2. The molecule has 0 saturated carbocycles. The van der Waals surface area contributed by atoms with E-state index in [4.69, 9.17) is 9.51 Å². The van der Waals surface area contributed by atoms with Gasteiger partial charge in [0.15, 0.2) is 5.82 Å².